The van der Waals surface area contributed by atoms with Crippen LogP contribution in [0.25, 0.3) is 0 Å². The van der Waals surface area contributed by atoms with E-state index in [9.17, 15) is 9.59 Å². The zero-order valence-corrected chi connectivity index (χ0v) is 11.4. The van der Waals surface area contributed by atoms with E-state index in [0.717, 1.165) is 6.42 Å². The van der Waals surface area contributed by atoms with Crippen molar-refractivity contribution in [3.63, 3.8) is 0 Å². The van der Waals surface area contributed by atoms with Crippen LogP contribution >= 0.6 is 11.3 Å². The number of furan rings is 1. The van der Waals surface area contributed by atoms with Gasteiger partial charge in [-0.3, -0.25) is 9.59 Å². The normalized spacial score (nSPS) is 18.2. The Bertz CT molecular complexity index is 594. The summed E-state index contributed by atoms with van der Waals surface area (Å²) in [6.07, 6.45) is 5.97. The molecular formula is C13H13N3O3S. The highest BCUT2D eigenvalue weighted by Crippen LogP contribution is 2.22. The van der Waals surface area contributed by atoms with Crippen LogP contribution in [0.4, 0.5) is 5.13 Å². The number of carbonyl (C=O) groups excluding carboxylic acids is 2. The van der Waals surface area contributed by atoms with Gasteiger partial charge < -0.3 is 14.6 Å². The van der Waals surface area contributed by atoms with Crippen molar-refractivity contribution in [1.82, 2.24) is 9.88 Å². The fraction of sp³-hybridized carbons (Fsp3) is 0.308. The lowest BCUT2D eigenvalue weighted by Gasteiger charge is -2.22. The standard InChI is InChI=1S/C13H13N3O3S/c17-11(15-13-14-4-7-20-13)10-2-1-5-16(10)12(18)9-3-6-19-8-9/h3-4,6-8,10H,1-2,5H2,(H,14,15,17). The topological polar surface area (TPSA) is 75.4 Å². The molecule has 0 spiro atoms. The van der Waals surface area contributed by atoms with Gasteiger partial charge in [-0.05, 0) is 18.9 Å². The van der Waals surface area contributed by atoms with Crippen LogP contribution in [0.2, 0.25) is 0 Å². The van der Waals surface area contributed by atoms with Crippen molar-refractivity contribution >= 4 is 28.3 Å². The second kappa shape index (κ2) is 5.46. The summed E-state index contributed by atoms with van der Waals surface area (Å²) >= 11 is 1.36. The lowest BCUT2D eigenvalue weighted by atomic mass is 10.2. The Labute approximate surface area is 119 Å². The predicted octanol–water partition coefficient (Wildman–Crippen LogP) is 1.98. The Kier molecular flexibility index (Phi) is 3.51. The van der Waals surface area contributed by atoms with Crippen LogP contribution in [0, 0.1) is 0 Å². The van der Waals surface area contributed by atoms with Gasteiger partial charge >= 0.3 is 0 Å². The third-order valence-corrected chi connectivity index (χ3v) is 3.94. The fourth-order valence-electron chi connectivity index (χ4n) is 2.31. The van der Waals surface area contributed by atoms with Crippen LogP contribution in [0.3, 0.4) is 0 Å². The largest absolute Gasteiger partial charge is 0.472 e. The molecule has 7 heteroatoms. The summed E-state index contributed by atoms with van der Waals surface area (Å²) in [7, 11) is 0. The Morgan fingerprint density at radius 1 is 1.50 bits per heavy atom. The first-order chi connectivity index (χ1) is 9.75. The van der Waals surface area contributed by atoms with Crippen molar-refractivity contribution < 1.29 is 14.0 Å². The van der Waals surface area contributed by atoms with Crippen LogP contribution in [-0.2, 0) is 4.79 Å². The molecule has 1 saturated heterocycles. The second-order valence-electron chi connectivity index (χ2n) is 4.50. The number of anilines is 1. The minimum atomic E-state index is -0.443. The van der Waals surface area contributed by atoms with Crippen molar-refractivity contribution in [2.75, 3.05) is 11.9 Å². The maximum Gasteiger partial charge on any atom is 0.257 e. The van der Waals surface area contributed by atoms with Gasteiger partial charge in [0.05, 0.1) is 11.8 Å². The number of amides is 2. The Hall–Kier alpha value is -2.15. The molecule has 6 nitrogen and oxygen atoms in total. The van der Waals surface area contributed by atoms with Gasteiger partial charge in [0.25, 0.3) is 5.91 Å². The van der Waals surface area contributed by atoms with Crippen molar-refractivity contribution in [1.29, 1.82) is 0 Å². The van der Waals surface area contributed by atoms with Gasteiger partial charge in [0.15, 0.2) is 5.13 Å². The van der Waals surface area contributed by atoms with Gasteiger partial charge in [0, 0.05) is 18.1 Å². The zero-order chi connectivity index (χ0) is 13.9. The number of thiazole rings is 1. The van der Waals surface area contributed by atoms with E-state index in [4.69, 9.17) is 4.42 Å². The van der Waals surface area contributed by atoms with Gasteiger partial charge in [0.2, 0.25) is 5.91 Å². The van der Waals surface area contributed by atoms with Crippen molar-refractivity contribution in [3.8, 4) is 0 Å². The smallest absolute Gasteiger partial charge is 0.257 e. The number of hydrogen-bond acceptors (Lipinski definition) is 5. The number of aromatic nitrogens is 1. The van der Waals surface area contributed by atoms with Crippen LogP contribution in [0.1, 0.15) is 23.2 Å². The second-order valence-corrected chi connectivity index (χ2v) is 5.39. The summed E-state index contributed by atoms with van der Waals surface area (Å²) in [4.78, 5) is 30.1. The number of nitrogens with zero attached hydrogens (tertiary/aromatic N) is 2. The summed E-state index contributed by atoms with van der Waals surface area (Å²) < 4.78 is 4.92. The third-order valence-electron chi connectivity index (χ3n) is 3.25. The number of hydrogen-bond donors (Lipinski definition) is 1. The maximum atomic E-state index is 12.3. The Morgan fingerprint density at radius 3 is 3.10 bits per heavy atom. The fourth-order valence-corrected chi connectivity index (χ4v) is 2.84. The summed E-state index contributed by atoms with van der Waals surface area (Å²) in [5.74, 6) is -0.357. The first kappa shape index (κ1) is 12.9. The van der Waals surface area contributed by atoms with E-state index in [0.29, 0.717) is 23.7 Å². The molecule has 1 unspecified atom stereocenters. The molecule has 0 aromatic carbocycles. The van der Waals surface area contributed by atoms with Gasteiger partial charge in [-0.25, -0.2) is 4.98 Å². The minimum absolute atomic E-state index is 0.171. The Balaban J connectivity index is 1.72. The van der Waals surface area contributed by atoms with Crippen molar-refractivity contribution in [2.45, 2.75) is 18.9 Å². The molecule has 20 heavy (non-hydrogen) atoms. The summed E-state index contributed by atoms with van der Waals surface area (Å²) in [6, 6.07) is 1.16. The molecule has 0 bridgehead atoms. The van der Waals surface area contributed by atoms with Crippen LogP contribution in [0.15, 0.2) is 34.6 Å². The van der Waals surface area contributed by atoms with Gasteiger partial charge in [0.1, 0.15) is 12.3 Å². The zero-order valence-electron chi connectivity index (χ0n) is 10.6. The number of likely N-dealkylation sites (tertiary alicyclic amines) is 1. The number of carbonyl (C=O) groups is 2. The van der Waals surface area contributed by atoms with Gasteiger partial charge in [-0.1, -0.05) is 0 Å². The average Bonchev–Trinajstić information content (AvgIpc) is 3.19. The summed E-state index contributed by atoms with van der Waals surface area (Å²) in [6.45, 7) is 0.583. The lowest BCUT2D eigenvalue weighted by Crippen LogP contribution is -2.43. The first-order valence-electron chi connectivity index (χ1n) is 6.29. The molecule has 0 radical (unpaired) electrons. The molecule has 1 atom stereocenters. The molecule has 2 aromatic rings. The van der Waals surface area contributed by atoms with E-state index in [-0.39, 0.29) is 11.8 Å². The lowest BCUT2D eigenvalue weighted by molar-refractivity contribution is -0.119. The third kappa shape index (κ3) is 2.44. The molecule has 2 amide bonds. The highest BCUT2D eigenvalue weighted by Gasteiger charge is 2.35. The number of rotatable bonds is 3. The monoisotopic (exact) mass is 291 g/mol. The minimum Gasteiger partial charge on any atom is -0.472 e. The highest BCUT2D eigenvalue weighted by molar-refractivity contribution is 7.13. The van der Waals surface area contributed by atoms with Crippen LogP contribution < -0.4 is 5.32 Å². The highest BCUT2D eigenvalue weighted by atomic mass is 32.1. The van der Waals surface area contributed by atoms with Crippen molar-refractivity contribution in [2.24, 2.45) is 0 Å². The van der Waals surface area contributed by atoms with Gasteiger partial charge in [-0.2, -0.15) is 0 Å². The average molecular weight is 291 g/mol. The summed E-state index contributed by atoms with van der Waals surface area (Å²) in [5, 5.41) is 5.09. The molecular weight excluding hydrogens is 278 g/mol. The maximum absolute atomic E-state index is 12.3. The van der Waals surface area contributed by atoms with E-state index in [1.165, 1.54) is 23.9 Å². The summed E-state index contributed by atoms with van der Waals surface area (Å²) in [5.41, 5.74) is 0.471. The van der Waals surface area contributed by atoms with E-state index < -0.39 is 6.04 Å². The molecule has 104 valence electrons. The number of nitrogens with one attached hydrogen (secondary N) is 1. The van der Waals surface area contributed by atoms with Crippen LogP contribution in [0.5, 0.6) is 0 Å². The first-order valence-corrected chi connectivity index (χ1v) is 7.17. The van der Waals surface area contributed by atoms with Gasteiger partial charge in [-0.15, -0.1) is 11.3 Å². The molecule has 0 saturated carbocycles. The molecule has 1 aliphatic rings. The Morgan fingerprint density at radius 2 is 2.40 bits per heavy atom. The van der Waals surface area contributed by atoms with Crippen molar-refractivity contribution in [3.05, 3.63) is 35.7 Å². The molecule has 3 heterocycles. The predicted molar refractivity (Wildman–Crippen MR) is 73.5 cm³/mol. The van der Waals surface area contributed by atoms with Crippen LogP contribution in [-0.4, -0.2) is 34.3 Å². The molecule has 1 aliphatic heterocycles. The van der Waals surface area contributed by atoms with E-state index in [1.807, 2.05) is 0 Å². The molecule has 0 aliphatic carbocycles. The van der Waals surface area contributed by atoms with E-state index in [2.05, 4.69) is 10.3 Å². The molecule has 2 aromatic heterocycles. The quantitative estimate of drug-likeness (QED) is 0.938. The van der Waals surface area contributed by atoms with E-state index in [1.54, 1.807) is 22.5 Å². The molecule has 3 rings (SSSR count). The molecule has 1 N–H and O–H groups in total. The van der Waals surface area contributed by atoms with E-state index >= 15 is 0 Å². The molecule has 1 fully saturated rings. The SMILES string of the molecule is O=C(Nc1nccs1)C1CCCN1C(=O)c1ccoc1.